The van der Waals surface area contributed by atoms with Gasteiger partial charge in [0.05, 0.1) is 5.02 Å². The summed E-state index contributed by atoms with van der Waals surface area (Å²) in [5.41, 5.74) is 5.52. The van der Waals surface area contributed by atoms with Crippen LogP contribution >= 0.6 is 22.9 Å². The molecule has 1 heterocycles. The summed E-state index contributed by atoms with van der Waals surface area (Å²) in [5.74, 6) is 0.671. The molecule has 2 rings (SSSR count). The van der Waals surface area contributed by atoms with Crippen molar-refractivity contribution in [3.05, 3.63) is 46.3 Å². The predicted molar refractivity (Wildman–Crippen MR) is 63.7 cm³/mol. The number of para-hydroxylation sites is 1. The van der Waals surface area contributed by atoms with E-state index < -0.39 is 0 Å². The Hall–Kier alpha value is -1.03. The number of rotatable bonds is 3. The third kappa shape index (κ3) is 2.50. The van der Waals surface area contributed by atoms with Crippen LogP contribution in [-0.4, -0.2) is 0 Å². The van der Waals surface area contributed by atoms with Gasteiger partial charge < -0.3 is 10.5 Å². The Morgan fingerprint density at radius 3 is 2.67 bits per heavy atom. The summed E-state index contributed by atoms with van der Waals surface area (Å²) in [4.78, 5) is 1.09. The Kier molecular flexibility index (Phi) is 3.26. The third-order valence-corrected chi connectivity index (χ3v) is 3.18. The van der Waals surface area contributed by atoms with Gasteiger partial charge in [-0.25, -0.2) is 0 Å². The van der Waals surface area contributed by atoms with Crippen LogP contribution in [0.15, 0.2) is 36.4 Å². The number of hydrogen-bond acceptors (Lipinski definition) is 3. The topological polar surface area (TPSA) is 35.2 Å². The van der Waals surface area contributed by atoms with Crippen molar-refractivity contribution in [2.75, 3.05) is 0 Å². The Morgan fingerprint density at radius 1 is 1.20 bits per heavy atom. The highest BCUT2D eigenvalue weighted by atomic mass is 35.5. The zero-order valence-electron chi connectivity index (χ0n) is 7.94. The molecule has 0 atom stereocenters. The van der Waals surface area contributed by atoms with E-state index in [0.717, 1.165) is 9.94 Å². The van der Waals surface area contributed by atoms with E-state index in [1.165, 1.54) is 11.3 Å². The molecule has 0 saturated carbocycles. The quantitative estimate of drug-likeness (QED) is 0.887. The summed E-state index contributed by atoms with van der Waals surface area (Å²) in [7, 11) is 0. The van der Waals surface area contributed by atoms with E-state index >= 15 is 0 Å². The lowest BCUT2D eigenvalue weighted by molar-refractivity contribution is 0.497. The van der Waals surface area contributed by atoms with E-state index in [4.69, 9.17) is 22.1 Å². The lowest BCUT2D eigenvalue weighted by Gasteiger charge is -2.03. The van der Waals surface area contributed by atoms with Crippen molar-refractivity contribution < 1.29 is 4.74 Å². The number of ether oxygens (including phenoxy) is 1. The third-order valence-electron chi connectivity index (χ3n) is 1.89. The zero-order chi connectivity index (χ0) is 10.7. The fourth-order valence-electron chi connectivity index (χ4n) is 1.16. The highest BCUT2D eigenvalue weighted by molar-refractivity contribution is 7.13. The Balaban J connectivity index is 2.18. The molecule has 2 nitrogen and oxygen atoms in total. The highest BCUT2D eigenvalue weighted by Crippen LogP contribution is 2.33. The summed E-state index contributed by atoms with van der Waals surface area (Å²) in [6, 6.07) is 11.2. The molecule has 0 aliphatic rings. The fraction of sp³-hybridized carbons (Fsp3) is 0.0909. The van der Waals surface area contributed by atoms with Gasteiger partial charge in [-0.3, -0.25) is 0 Å². The van der Waals surface area contributed by atoms with Crippen molar-refractivity contribution in [1.29, 1.82) is 0 Å². The van der Waals surface area contributed by atoms with Crippen LogP contribution in [0.5, 0.6) is 10.8 Å². The summed E-state index contributed by atoms with van der Waals surface area (Å²) in [6.45, 7) is 0.538. The van der Waals surface area contributed by atoms with Crippen LogP contribution in [0.3, 0.4) is 0 Å². The highest BCUT2D eigenvalue weighted by Gasteiger charge is 2.04. The molecule has 78 valence electrons. The predicted octanol–water partition coefficient (Wildman–Crippen LogP) is 3.65. The molecule has 0 unspecified atom stereocenters. The SMILES string of the molecule is NCc1ccc(Oc2ccccc2Cl)s1. The number of hydrogen-bond donors (Lipinski definition) is 1. The molecule has 15 heavy (non-hydrogen) atoms. The van der Waals surface area contributed by atoms with E-state index in [1.807, 2.05) is 30.3 Å². The minimum absolute atomic E-state index is 0.538. The standard InChI is InChI=1S/C11H10ClNOS/c12-9-3-1-2-4-10(9)14-11-6-5-8(7-13)15-11/h1-6H,7,13H2. The molecule has 0 aliphatic heterocycles. The maximum Gasteiger partial charge on any atom is 0.181 e. The maximum atomic E-state index is 5.97. The van der Waals surface area contributed by atoms with Gasteiger partial charge in [0.15, 0.2) is 5.06 Å². The van der Waals surface area contributed by atoms with Crippen LogP contribution in [0.4, 0.5) is 0 Å². The van der Waals surface area contributed by atoms with Crippen molar-refractivity contribution in [2.45, 2.75) is 6.54 Å². The van der Waals surface area contributed by atoms with E-state index in [-0.39, 0.29) is 0 Å². The second kappa shape index (κ2) is 4.66. The van der Waals surface area contributed by atoms with Crippen LogP contribution in [-0.2, 0) is 6.54 Å². The van der Waals surface area contributed by atoms with E-state index in [0.29, 0.717) is 17.3 Å². The van der Waals surface area contributed by atoms with E-state index in [1.54, 1.807) is 6.07 Å². The van der Waals surface area contributed by atoms with Crippen molar-refractivity contribution in [1.82, 2.24) is 0 Å². The molecule has 0 saturated heterocycles. The Morgan fingerprint density at radius 2 is 2.00 bits per heavy atom. The molecule has 1 aromatic carbocycles. The molecular weight excluding hydrogens is 230 g/mol. The molecule has 2 N–H and O–H groups in total. The Bertz CT molecular complexity index is 455. The van der Waals surface area contributed by atoms with E-state index in [2.05, 4.69) is 0 Å². The molecule has 0 aliphatic carbocycles. The first-order valence-electron chi connectivity index (χ1n) is 4.51. The van der Waals surface area contributed by atoms with Crippen LogP contribution < -0.4 is 10.5 Å². The molecule has 0 amide bonds. The Labute approximate surface area is 97.3 Å². The van der Waals surface area contributed by atoms with Gasteiger partial charge in [0.25, 0.3) is 0 Å². The van der Waals surface area contributed by atoms with Crippen LogP contribution in [0, 0.1) is 0 Å². The lowest BCUT2D eigenvalue weighted by atomic mass is 10.3. The van der Waals surface area contributed by atoms with Gasteiger partial charge in [-0.15, -0.1) is 11.3 Å². The van der Waals surface area contributed by atoms with Crippen molar-refractivity contribution in [2.24, 2.45) is 5.73 Å². The first-order valence-corrected chi connectivity index (χ1v) is 5.70. The normalized spacial score (nSPS) is 10.3. The molecular formula is C11H10ClNOS. The number of thiophene rings is 1. The first-order chi connectivity index (χ1) is 7.29. The number of halogens is 1. The minimum atomic E-state index is 0.538. The zero-order valence-corrected chi connectivity index (χ0v) is 9.52. The van der Waals surface area contributed by atoms with Crippen LogP contribution in [0.1, 0.15) is 4.88 Å². The van der Waals surface area contributed by atoms with Crippen molar-refractivity contribution in [3.63, 3.8) is 0 Å². The van der Waals surface area contributed by atoms with Gasteiger partial charge >= 0.3 is 0 Å². The number of benzene rings is 1. The van der Waals surface area contributed by atoms with Crippen molar-refractivity contribution in [3.8, 4) is 10.8 Å². The summed E-state index contributed by atoms with van der Waals surface area (Å²) >= 11 is 7.50. The smallest absolute Gasteiger partial charge is 0.181 e. The largest absolute Gasteiger partial charge is 0.445 e. The van der Waals surface area contributed by atoms with Gasteiger partial charge in [0, 0.05) is 11.4 Å². The lowest BCUT2D eigenvalue weighted by Crippen LogP contribution is -1.91. The second-order valence-electron chi connectivity index (χ2n) is 2.96. The maximum absolute atomic E-state index is 5.97. The molecule has 0 spiro atoms. The second-order valence-corrected chi connectivity index (χ2v) is 4.50. The molecule has 0 bridgehead atoms. The molecule has 4 heteroatoms. The molecule has 0 fully saturated rings. The monoisotopic (exact) mass is 239 g/mol. The molecule has 1 aromatic heterocycles. The average molecular weight is 240 g/mol. The summed E-state index contributed by atoms with van der Waals surface area (Å²) < 4.78 is 5.62. The van der Waals surface area contributed by atoms with Gasteiger partial charge in [-0.05, 0) is 24.3 Å². The summed E-state index contributed by atoms with van der Waals surface area (Å²) in [5, 5.41) is 1.42. The first kappa shape index (κ1) is 10.5. The van der Waals surface area contributed by atoms with Crippen LogP contribution in [0.2, 0.25) is 5.02 Å². The molecule has 0 radical (unpaired) electrons. The van der Waals surface area contributed by atoms with Crippen LogP contribution in [0.25, 0.3) is 0 Å². The average Bonchev–Trinajstić information content (AvgIpc) is 2.69. The minimum Gasteiger partial charge on any atom is -0.445 e. The number of nitrogens with two attached hydrogens (primary N) is 1. The van der Waals surface area contributed by atoms with Crippen molar-refractivity contribution >= 4 is 22.9 Å². The summed E-state index contributed by atoms with van der Waals surface area (Å²) in [6.07, 6.45) is 0. The van der Waals surface area contributed by atoms with Gasteiger partial charge in [-0.2, -0.15) is 0 Å². The van der Waals surface area contributed by atoms with Gasteiger partial charge in [0.1, 0.15) is 5.75 Å². The van der Waals surface area contributed by atoms with Gasteiger partial charge in [0.2, 0.25) is 0 Å². The van der Waals surface area contributed by atoms with E-state index in [9.17, 15) is 0 Å². The molecule has 2 aromatic rings. The fourth-order valence-corrected chi connectivity index (χ4v) is 2.08. The van der Waals surface area contributed by atoms with Gasteiger partial charge in [-0.1, -0.05) is 23.7 Å².